The number of H-pyrrole nitrogens is 1. The Morgan fingerprint density at radius 2 is 2.07 bits per heavy atom. The van der Waals surface area contributed by atoms with Crippen molar-refractivity contribution in [2.24, 2.45) is 7.05 Å². The van der Waals surface area contributed by atoms with Crippen LogP contribution >= 0.6 is 12.2 Å². The average molecular weight is 426 g/mol. The topological polar surface area (TPSA) is 109 Å². The van der Waals surface area contributed by atoms with E-state index < -0.39 is 10.0 Å². The molecule has 2 heterocycles. The van der Waals surface area contributed by atoms with Crippen molar-refractivity contribution in [2.75, 3.05) is 26.7 Å². The Hall–Kier alpha value is -2.24. The first-order chi connectivity index (χ1) is 13.3. The molecule has 1 amide bonds. The second-order valence-corrected chi connectivity index (χ2v) is 8.78. The first-order valence-electron chi connectivity index (χ1n) is 8.91. The van der Waals surface area contributed by atoms with Crippen LogP contribution < -0.4 is 10.1 Å². The Labute approximate surface area is 168 Å². The van der Waals surface area contributed by atoms with Crippen LogP contribution in [-0.4, -0.2) is 60.1 Å². The van der Waals surface area contributed by atoms with Gasteiger partial charge in [-0.2, -0.15) is 9.40 Å². The van der Waals surface area contributed by atoms with E-state index in [1.54, 1.807) is 17.7 Å². The lowest BCUT2D eigenvalue weighted by Crippen LogP contribution is -2.29. The van der Waals surface area contributed by atoms with Crippen molar-refractivity contribution in [1.82, 2.24) is 24.4 Å². The second kappa shape index (κ2) is 8.41. The Morgan fingerprint density at radius 3 is 2.68 bits per heavy atom. The van der Waals surface area contributed by atoms with Crippen LogP contribution in [0.1, 0.15) is 29.0 Å². The van der Waals surface area contributed by atoms with Crippen LogP contribution in [0.25, 0.3) is 0 Å². The molecule has 2 N–H and O–H groups in total. The number of methoxy groups -OCH3 is 1. The lowest BCUT2D eigenvalue weighted by Gasteiger charge is -2.18. The van der Waals surface area contributed by atoms with Crippen LogP contribution in [0.5, 0.6) is 5.75 Å². The van der Waals surface area contributed by atoms with Crippen molar-refractivity contribution in [2.45, 2.75) is 24.2 Å². The van der Waals surface area contributed by atoms with Crippen molar-refractivity contribution in [1.29, 1.82) is 0 Å². The van der Waals surface area contributed by atoms with E-state index in [2.05, 4.69) is 15.5 Å². The quantitative estimate of drug-likeness (QED) is 0.646. The van der Waals surface area contributed by atoms with E-state index in [1.165, 1.54) is 23.5 Å². The highest BCUT2D eigenvalue weighted by atomic mass is 32.2. The number of aromatic nitrogens is 3. The van der Waals surface area contributed by atoms with E-state index in [0.29, 0.717) is 30.8 Å². The zero-order chi connectivity index (χ0) is 20.3. The van der Waals surface area contributed by atoms with Gasteiger partial charge in [0, 0.05) is 38.7 Å². The van der Waals surface area contributed by atoms with Crippen LogP contribution in [0.3, 0.4) is 0 Å². The smallest absolute Gasteiger partial charge is 0.251 e. The van der Waals surface area contributed by atoms with Gasteiger partial charge in [0.1, 0.15) is 16.5 Å². The minimum absolute atomic E-state index is 0.0130. The maximum absolute atomic E-state index is 12.9. The fourth-order valence-corrected chi connectivity index (χ4v) is 4.93. The predicted octanol–water partition coefficient (Wildman–Crippen LogP) is 1.24. The molecule has 1 fully saturated rings. The van der Waals surface area contributed by atoms with E-state index in [4.69, 9.17) is 17.0 Å². The Bertz CT molecular complexity index is 1020. The molecule has 0 unspecified atom stereocenters. The molecule has 1 aliphatic rings. The van der Waals surface area contributed by atoms with E-state index in [-0.39, 0.29) is 22.1 Å². The van der Waals surface area contributed by atoms with Gasteiger partial charge < -0.3 is 14.6 Å². The molecule has 11 heteroatoms. The number of benzene rings is 1. The first-order valence-corrected chi connectivity index (χ1v) is 10.8. The number of aromatic amines is 1. The summed E-state index contributed by atoms with van der Waals surface area (Å²) in [6.07, 6.45) is 2.15. The molecular formula is C17H23N5O4S2. The van der Waals surface area contributed by atoms with Gasteiger partial charge in [0.15, 0.2) is 4.77 Å². The number of nitrogens with zero attached hydrogens (tertiary/aromatic N) is 3. The van der Waals surface area contributed by atoms with Gasteiger partial charge in [-0.1, -0.05) is 0 Å². The predicted molar refractivity (Wildman–Crippen MR) is 105 cm³/mol. The zero-order valence-corrected chi connectivity index (χ0v) is 17.4. The van der Waals surface area contributed by atoms with Gasteiger partial charge in [-0.25, -0.2) is 8.42 Å². The van der Waals surface area contributed by atoms with Gasteiger partial charge in [-0.3, -0.25) is 9.89 Å². The monoisotopic (exact) mass is 425 g/mol. The molecule has 1 aromatic heterocycles. The number of amides is 1. The lowest BCUT2D eigenvalue weighted by molar-refractivity contribution is 0.0953. The Kier molecular flexibility index (Phi) is 6.16. The van der Waals surface area contributed by atoms with Crippen LogP contribution in [-0.2, 0) is 23.5 Å². The van der Waals surface area contributed by atoms with Gasteiger partial charge in [0.2, 0.25) is 10.0 Å². The fraction of sp³-hybridized carbons (Fsp3) is 0.471. The van der Waals surface area contributed by atoms with Gasteiger partial charge >= 0.3 is 0 Å². The van der Waals surface area contributed by atoms with Crippen molar-refractivity contribution in [3.63, 3.8) is 0 Å². The molecule has 1 saturated heterocycles. The molecular weight excluding hydrogens is 402 g/mol. The van der Waals surface area contributed by atoms with Crippen LogP contribution in [0.2, 0.25) is 0 Å². The summed E-state index contributed by atoms with van der Waals surface area (Å²) in [6, 6.07) is 4.43. The highest BCUT2D eigenvalue weighted by molar-refractivity contribution is 7.89. The van der Waals surface area contributed by atoms with E-state index >= 15 is 0 Å². The zero-order valence-electron chi connectivity index (χ0n) is 15.8. The van der Waals surface area contributed by atoms with E-state index in [1.807, 2.05) is 0 Å². The number of hydrogen-bond acceptors (Lipinski definition) is 6. The number of carbonyl (C=O) groups is 1. The molecule has 28 heavy (non-hydrogen) atoms. The normalized spacial score (nSPS) is 14.9. The highest BCUT2D eigenvalue weighted by Crippen LogP contribution is 2.29. The highest BCUT2D eigenvalue weighted by Gasteiger charge is 2.30. The molecule has 0 radical (unpaired) electrons. The third-order valence-electron chi connectivity index (χ3n) is 4.72. The van der Waals surface area contributed by atoms with Gasteiger partial charge in [-0.15, -0.1) is 0 Å². The third kappa shape index (κ3) is 4.10. The molecule has 1 aromatic carbocycles. The molecule has 2 aromatic rings. The summed E-state index contributed by atoms with van der Waals surface area (Å²) in [5, 5.41) is 9.56. The summed E-state index contributed by atoms with van der Waals surface area (Å²) >= 11 is 5.06. The molecule has 3 rings (SSSR count). The molecule has 0 bridgehead atoms. The van der Waals surface area contributed by atoms with Gasteiger partial charge in [0.25, 0.3) is 5.91 Å². The third-order valence-corrected chi connectivity index (χ3v) is 7.00. The molecule has 0 aliphatic carbocycles. The molecule has 152 valence electrons. The summed E-state index contributed by atoms with van der Waals surface area (Å²) in [7, 11) is -0.499. The number of hydrogen-bond donors (Lipinski definition) is 2. The maximum Gasteiger partial charge on any atom is 0.251 e. The number of rotatable bonds is 7. The SMILES string of the molecule is COc1ccc(C(=O)NCCc2n[nH]c(=S)n2C)cc1S(=O)(=O)N1CCCC1. The Morgan fingerprint density at radius 1 is 1.36 bits per heavy atom. The molecule has 0 saturated carbocycles. The summed E-state index contributed by atoms with van der Waals surface area (Å²) in [5.41, 5.74) is 0.258. The number of ether oxygens (including phenoxy) is 1. The lowest BCUT2D eigenvalue weighted by atomic mass is 10.2. The average Bonchev–Trinajstić information content (AvgIpc) is 3.34. The molecule has 9 nitrogen and oxygen atoms in total. The summed E-state index contributed by atoms with van der Waals surface area (Å²) in [4.78, 5) is 12.5. The number of carbonyl (C=O) groups excluding carboxylic acids is 1. The molecule has 0 atom stereocenters. The van der Waals surface area contributed by atoms with E-state index in [9.17, 15) is 13.2 Å². The summed E-state index contributed by atoms with van der Waals surface area (Å²) < 4.78 is 34.7. The first kappa shape index (κ1) is 20.5. The van der Waals surface area contributed by atoms with Crippen LogP contribution in [0, 0.1) is 4.77 Å². The van der Waals surface area contributed by atoms with Gasteiger partial charge in [0.05, 0.1) is 7.11 Å². The van der Waals surface area contributed by atoms with Crippen LogP contribution in [0.15, 0.2) is 23.1 Å². The fourth-order valence-electron chi connectivity index (χ4n) is 3.08. The second-order valence-electron chi connectivity index (χ2n) is 6.49. The van der Waals surface area contributed by atoms with E-state index in [0.717, 1.165) is 18.7 Å². The standard InChI is InChI=1S/C17H23N5O4S2/c1-21-15(19-20-17(21)27)7-8-18-16(23)12-5-6-13(26-2)14(11-12)28(24,25)22-9-3-4-10-22/h5-6,11H,3-4,7-10H2,1-2H3,(H,18,23)(H,20,27). The van der Waals surface area contributed by atoms with Gasteiger partial charge in [-0.05, 0) is 43.3 Å². The maximum atomic E-state index is 12.9. The van der Waals surface area contributed by atoms with Crippen molar-refractivity contribution < 1.29 is 17.9 Å². The molecule has 1 aliphatic heterocycles. The van der Waals surface area contributed by atoms with Crippen molar-refractivity contribution >= 4 is 28.1 Å². The number of sulfonamides is 1. The van der Waals surface area contributed by atoms with Crippen molar-refractivity contribution in [3.8, 4) is 5.75 Å². The van der Waals surface area contributed by atoms with Crippen LogP contribution in [0.4, 0.5) is 0 Å². The largest absolute Gasteiger partial charge is 0.495 e. The summed E-state index contributed by atoms with van der Waals surface area (Å²) in [5.74, 6) is 0.583. The minimum Gasteiger partial charge on any atom is -0.495 e. The minimum atomic E-state index is -3.70. The summed E-state index contributed by atoms with van der Waals surface area (Å²) in [6.45, 7) is 1.30. The van der Waals surface area contributed by atoms with Crippen molar-refractivity contribution in [3.05, 3.63) is 34.4 Å². The molecule has 0 spiro atoms. The number of nitrogens with one attached hydrogen (secondary N) is 2. The Balaban J connectivity index is 1.75.